The lowest BCUT2D eigenvalue weighted by atomic mass is 10.00. The zero-order valence-electron chi connectivity index (χ0n) is 8.11. The molecular formula is C10H14N2O2. The fourth-order valence-electron chi connectivity index (χ4n) is 1.13. The van der Waals surface area contributed by atoms with E-state index in [9.17, 15) is 4.79 Å². The van der Waals surface area contributed by atoms with Crippen LogP contribution in [0.1, 0.15) is 32.1 Å². The fraction of sp³-hybridized carbons (Fsp3) is 0.700. The molecule has 0 aromatic heterocycles. The van der Waals surface area contributed by atoms with Gasteiger partial charge >= 0.3 is 0 Å². The summed E-state index contributed by atoms with van der Waals surface area (Å²) in [6.07, 6.45) is 3.63. The summed E-state index contributed by atoms with van der Waals surface area (Å²) in [5.74, 6) is -0.0614. The van der Waals surface area contributed by atoms with Crippen LogP contribution in [0.2, 0.25) is 0 Å². The Kier molecular flexibility index (Phi) is 8.48. The van der Waals surface area contributed by atoms with Gasteiger partial charge in [0.1, 0.15) is 0 Å². The van der Waals surface area contributed by atoms with Crippen LogP contribution in [-0.2, 0) is 9.53 Å². The number of hydrogen-bond acceptors (Lipinski definition) is 4. The van der Waals surface area contributed by atoms with Gasteiger partial charge in [-0.15, -0.1) is 0 Å². The van der Waals surface area contributed by atoms with E-state index in [1.165, 1.54) is 0 Å². The zero-order valence-corrected chi connectivity index (χ0v) is 8.11. The molecule has 0 aliphatic carbocycles. The molecule has 1 atom stereocenters. The van der Waals surface area contributed by atoms with Crippen LogP contribution < -0.4 is 0 Å². The fourth-order valence-corrected chi connectivity index (χ4v) is 1.13. The molecule has 76 valence electrons. The summed E-state index contributed by atoms with van der Waals surface area (Å²) in [5, 5.41) is 17.0. The van der Waals surface area contributed by atoms with Crippen molar-refractivity contribution in [1.82, 2.24) is 0 Å². The Morgan fingerprint density at radius 3 is 2.64 bits per heavy atom. The Morgan fingerprint density at radius 1 is 1.29 bits per heavy atom. The van der Waals surface area contributed by atoms with Crippen LogP contribution in [0.25, 0.3) is 0 Å². The van der Waals surface area contributed by atoms with Crippen molar-refractivity contribution in [2.75, 3.05) is 6.61 Å². The largest absolute Gasteiger partial charge is 0.468 e. The molecule has 0 rings (SSSR count). The van der Waals surface area contributed by atoms with E-state index < -0.39 is 0 Å². The molecule has 0 N–H and O–H groups in total. The van der Waals surface area contributed by atoms with Crippen molar-refractivity contribution in [2.24, 2.45) is 5.92 Å². The van der Waals surface area contributed by atoms with Crippen molar-refractivity contribution in [3.63, 3.8) is 0 Å². The summed E-state index contributed by atoms with van der Waals surface area (Å²) in [4.78, 5) is 9.83. The average molecular weight is 194 g/mol. The van der Waals surface area contributed by atoms with Gasteiger partial charge in [0, 0.05) is 12.3 Å². The standard InChI is InChI=1S/C10H14N2O2/c11-6-3-1-2-4-10(8-12)5-7-14-9-13/h9-10H,1-5,7H2. The summed E-state index contributed by atoms with van der Waals surface area (Å²) in [7, 11) is 0. The lowest BCUT2D eigenvalue weighted by Gasteiger charge is -2.06. The van der Waals surface area contributed by atoms with Gasteiger partial charge in [0.2, 0.25) is 0 Å². The van der Waals surface area contributed by atoms with Crippen LogP contribution in [0, 0.1) is 28.6 Å². The van der Waals surface area contributed by atoms with E-state index in [1.807, 2.05) is 0 Å². The topological polar surface area (TPSA) is 73.9 Å². The number of rotatable bonds is 8. The second kappa shape index (κ2) is 9.54. The van der Waals surface area contributed by atoms with Gasteiger partial charge in [-0.05, 0) is 19.3 Å². The van der Waals surface area contributed by atoms with Crippen molar-refractivity contribution in [2.45, 2.75) is 32.1 Å². The zero-order chi connectivity index (χ0) is 10.6. The average Bonchev–Trinajstić information content (AvgIpc) is 2.22. The molecule has 0 aromatic carbocycles. The number of ether oxygens (including phenoxy) is 1. The first-order chi connectivity index (χ1) is 6.85. The minimum atomic E-state index is -0.0614. The molecular weight excluding hydrogens is 180 g/mol. The first kappa shape index (κ1) is 12.4. The summed E-state index contributed by atoms with van der Waals surface area (Å²) in [6.45, 7) is 0.699. The maximum absolute atomic E-state index is 9.83. The number of nitriles is 2. The molecule has 0 fully saturated rings. The van der Waals surface area contributed by atoms with Crippen LogP contribution >= 0.6 is 0 Å². The Labute approximate surface area is 84.1 Å². The first-order valence-electron chi connectivity index (χ1n) is 4.67. The number of unbranched alkanes of at least 4 members (excludes halogenated alkanes) is 2. The molecule has 14 heavy (non-hydrogen) atoms. The highest BCUT2D eigenvalue weighted by molar-refractivity contribution is 5.36. The lowest BCUT2D eigenvalue weighted by molar-refractivity contribution is -0.128. The van der Waals surface area contributed by atoms with E-state index in [-0.39, 0.29) is 5.92 Å². The normalized spacial score (nSPS) is 11.0. The minimum Gasteiger partial charge on any atom is -0.468 e. The maximum atomic E-state index is 9.83. The van der Waals surface area contributed by atoms with E-state index in [0.29, 0.717) is 25.9 Å². The maximum Gasteiger partial charge on any atom is 0.293 e. The van der Waals surface area contributed by atoms with Crippen molar-refractivity contribution in [1.29, 1.82) is 10.5 Å². The van der Waals surface area contributed by atoms with Gasteiger partial charge in [-0.1, -0.05) is 6.42 Å². The highest BCUT2D eigenvalue weighted by Gasteiger charge is 2.06. The van der Waals surface area contributed by atoms with Gasteiger partial charge in [-0.3, -0.25) is 4.79 Å². The third kappa shape index (κ3) is 7.12. The van der Waals surface area contributed by atoms with E-state index in [1.54, 1.807) is 0 Å². The van der Waals surface area contributed by atoms with Crippen LogP contribution in [-0.4, -0.2) is 13.1 Å². The molecule has 0 bridgehead atoms. The second-order valence-electron chi connectivity index (χ2n) is 2.99. The molecule has 0 saturated heterocycles. The Hall–Kier alpha value is -1.55. The van der Waals surface area contributed by atoms with Gasteiger partial charge < -0.3 is 4.74 Å². The van der Waals surface area contributed by atoms with Crippen LogP contribution in [0.4, 0.5) is 0 Å². The molecule has 0 spiro atoms. The quantitative estimate of drug-likeness (QED) is 0.436. The smallest absolute Gasteiger partial charge is 0.293 e. The van der Waals surface area contributed by atoms with Crippen LogP contribution in [0.15, 0.2) is 0 Å². The van der Waals surface area contributed by atoms with Gasteiger partial charge in [0.25, 0.3) is 6.47 Å². The lowest BCUT2D eigenvalue weighted by Crippen LogP contribution is -2.02. The first-order valence-corrected chi connectivity index (χ1v) is 4.67. The summed E-state index contributed by atoms with van der Waals surface area (Å²) >= 11 is 0. The summed E-state index contributed by atoms with van der Waals surface area (Å²) in [6, 6.07) is 4.22. The van der Waals surface area contributed by atoms with Gasteiger partial charge in [0.05, 0.1) is 18.7 Å². The second-order valence-corrected chi connectivity index (χ2v) is 2.99. The molecule has 0 heterocycles. The third-order valence-corrected chi connectivity index (χ3v) is 1.93. The third-order valence-electron chi connectivity index (χ3n) is 1.93. The number of carbonyl (C=O) groups is 1. The van der Waals surface area contributed by atoms with Crippen LogP contribution in [0.3, 0.4) is 0 Å². The van der Waals surface area contributed by atoms with Gasteiger partial charge in [-0.2, -0.15) is 10.5 Å². The van der Waals surface area contributed by atoms with Crippen molar-refractivity contribution < 1.29 is 9.53 Å². The van der Waals surface area contributed by atoms with E-state index >= 15 is 0 Å². The predicted molar refractivity (Wildman–Crippen MR) is 49.8 cm³/mol. The molecule has 0 aliphatic rings. The molecule has 4 nitrogen and oxygen atoms in total. The highest BCUT2D eigenvalue weighted by Crippen LogP contribution is 2.12. The molecule has 0 amide bonds. The van der Waals surface area contributed by atoms with Gasteiger partial charge in [-0.25, -0.2) is 0 Å². The summed E-state index contributed by atoms with van der Waals surface area (Å²) < 4.78 is 4.51. The Bertz CT molecular complexity index is 227. The molecule has 0 radical (unpaired) electrons. The summed E-state index contributed by atoms with van der Waals surface area (Å²) in [5.41, 5.74) is 0. The molecule has 4 heteroatoms. The minimum absolute atomic E-state index is 0.0614. The number of carbonyl (C=O) groups excluding carboxylic acids is 1. The number of hydrogen-bond donors (Lipinski definition) is 0. The Balaban J connectivity index is 3.45. The van der Waals surface area contributed by atoms with Crippen molar-refractivity contribution >= 4 is 6.47 Å². The molecule has 1 unspecified atom stereocenters. The van der Waals surface area contributed by atoms with Crippen molar-refractivity contribution in [3.8, 4) is 12.1 Å². The van der Waals surface area contributed by atoms with Crippen LogP contribution in [0.5, 0.6) is 0 Å². The monoisotopic (exact) mass is 194 g/mol. The van der Waals surface area contributed by atoms with E-state index in [4.69, 9.17) is 10.5 Å². The molecule has 0 aromatic rings. The Morgan fingerprint density at radius 2 is 2.07 bits per heavy atom. The van der Waals surface area contributed by atoms with Crippen molar-refractivity contribution in [3.05, 3.63) is 0 Å². The van der Waals surface area contributed by atoms with E-state index in [2.05, 4.69) is 16.9 Å². The molecule has 0 saturated carbocycles. The highest BCUT2D eigenvalue weighted by atomic mass is 16.5. The number of nitrogens with zero attached hydrogens (tertiary/aromatic N) is 2. The van der Waals surface area contributed by atoms with E-state index in [0.717, 1.165) is 19.3 Å². The molecule has 0 aliphatic heterocycles. The van der Waals surface area contributed by atoms with Gasteiger partial charge in [0.15, 0.2) is 0 Å². The SMILES string of the molecule is N#CCCCCC(C#N)CCOC=O. The predicted octanol–water partition coefficient (Wildman–Crippen LogP) is 1.77.